The molecule has 2 aromatic rings. The number of ether oxygens (including phenoxy) is 1. The predicted molar refractivity (Wildman–Crippen MR) is 77.2 cm³/mol. The molecule has 0 bridgehead atoms. The molecular formula is C17H19FO2. The Morgan fingerprint density at radius 2 is 1.85 bits per heavy atom. The van der Waals surface area contributed by atoms with Crippen molar-refractivity contribution in [2.75, 3.05) is 13.7 Å². The average Bonchev–Trinajstić information content (AvgIpc) is 2.45. The predicted octanol–water partition coefficient (Wildman–Crippen LogP) is 3.40. The zero-order valence-electron chi connectivity index (χ0n) is 11.8. The van der Waals surface area contributed by atoms with Crippen LogP contribution in [0.1, 0.15) is 28.4 Å². The van der Waals surface area contributed by atoms with E-state index in [2.05, 4.69) is 0 Å². The molecule has 0 aliphatic rings. The highest BCUT2D eigenvalue weighted by Crippen LogP contribution is 2.25. The normalized spacial score (nSPS) is 12.4. The van der Waals surface area contributed by atoms with Crippen molar-refractivity contribution in [2.24, 2.45) is 0 Å². The minimum absolute atomic E-state index is 0.284. The van der Waals surface area contributed by atoms with Gasteiger partial charge in [0.25, 0.3) is 0 Å². The Morgan fingerprint density at radius 3 is 2.45 bits per heavy atom. The number of hydrogen-bond acceptors (Lipinski definition) is 2. The Balaban J connectivity index is 2.18. The highest BCUT2D eigenvalue weighted by molar-refractivity contribution is 5.36. The van der Waals surface area contributed by atoms with Crippen molar-refractivity contribution in [3.05, 3.63) is 70.5 Å². The molecule has 2 rings (SSSR count). The molecule has 3 heteroatoms. The maximum Gasteiger partial charge on any atom is 0.123 e. The van der Waals surface area contributed by atoms with Gasteiger partial charge in [-0.05, 0) is 47.7 Å². The van der Waals surface area contributed by atoms with E-state index < -0.39 is 6.10 Å². The summed E-state index contributed by atoms with van der Waals surface area (Å²) in [5.41, 5.74) is 3.46. The lowest BCUT2D eigenvalue weighted by Crippen LogP contribution is -2.03. The largest absolute Gasteiger partial charge is 0.384 e. The fourth-order valence-electron chi connectivity index (χ4n) is 2.21. The Labute approximate surface area is 118 Å². The van der Waals surface area contributed by atoms with Crippen molar-refractivity contribution in [1.29, 1.82) is 0 Å². The van der Waals surface area contributed by atoms with Crippen LogP contribution in [0.3, 0.4) is 0 Å². The van der Waals surface area contributed by atoms with Crippen molar-refractivity contribution in [3.8, 4) is 0 Å². The molecule has 0 aliphatic heterocycles. The molecule has 0 spiro atoms. The first-order valence-electron chi connectivity index (χ1n) is 6.63. The van der Waals surface area contributed by atoms with E-state index in [0.717, 1.165) is 23.1 Å². The van der Waals surface area contributed by atoms with Crippen LogP contribution in [0.2, 0.25) is 0 Å². The van der Waals surface area contributed by atoms with Gasteiger partial charge in [0.2, 0.25) is 0 Å². The van der Waals surface area contributed by atoms with E-state index in [9.17, 15) is 9.50 Å². The first kappa shape index (κ1) is 14.7. The molecule has 1 atom stereocenters. The number of benzene rings is 2. The van der Waals surface area contributed by atoms with Crippen LogP contribution in [-0.4, -0.2) is 18.8 Å². The molecule has 20 heavy (non-hydrogen) atoms. The molecule has 0 fully saturated rings. The summed E-state index contributed by atoms with van der Waals surface area (Å²) in [5, 5.41) is 10.4. The topological polar surface area (TPSA) is 29.5 Å². The van der Waals surface area contributed by atoms with Gasteiger partial charge in [-0.2, -0.15) is 0 Å². The molecule has 2 aromatic carbocycles. The van der Waals surface area contributed by atoms with E-state index in [1.807, 2.05) is 24.3 Å². The summed E-state index contributed by atoms with van der Waals surface area (Å²) in [7, 11) is 1.68. The lowest BCUT2D eigenvalue weighted by atomic mass is 9.96. The maximum atomic E-state index is 13.1. The minimum Gasteiger partial charge on any atom is -0.384 e. The molecule has 0 aliphatic carbocycles. The standard InChI is InChI=1S/C17H19FO2/c1-12-11-15(18)7-8-16(12)17(19)14-5-3-13(4-6-14)9-10-20-2/h3-8,11,17,19H,9-10H2,1-2H3. The van der Waals surface area contributed by atoms with Crippen molar-refractivity contribution in [2.45, 2.75) is 19.4 Å². The fraction of sp³-hybridized carbons (Fsp3) is 0.294. The second-order valence-electron chi connectivity index (χ2n) is 4.89. The van der Waals surface area contributed by atoms with Gasteiger partial charge in [-0.15, -0.1) is 0 Å². The highest BCUT2D eigenvalue weighted by atomic mass is 19.1. The van der Waals surface area contributed by atoms with Crippen LogP contribution < -0.4 is 0 Å². The molecule has 2 nitrogen and oxygen atoms in total. The zero-order valence-corrected chi connectivity index (χ0v) is 11.8. The minimum atomic E-state index is -0.730. The summed E-state index contributed by atoms with van der Waals surface area (Å²) in [6.07, 6.45) is 0.120. The van der Waals surface area contributed by atoms with E-state index in [1.165, 1.54) is 17.7 Å². The van der Waals surface area contributed by atoms with Crippen molar-refractivity contribution < 1.29 is 14.2 Å². The second kappa shape index (κ2) is 6.64. The van der Waals surface area contributed by atoms with Crippen LogP contribution in [-0.2, 0) is 11.2 Å². The fourth-order valence-corrected chi connectivity index (χ4v) is 2.21. The molecule has 106 valence electrons. The second-order valence-corrected chi connectivity index (χ2v) is 4.89. The van der Waals surface area contributed by atoms with E-state index in [0.29, 0.717) is 6.61 Å². The summed E-state index contributed by atoms with van der Waals surface area (Å²) >= 11 is 0. The Morgan fingerprint density at radius 1 is 1.15 bits per heavy atom. The lowest BCUT2D eigenvalue weighted by Gasteiger charge is -2.14. The first-order valence-corrected chi connectivity index (χ1v) is 6.63. The van der Waals surface area contributed by atoms with Gasteiger partial charge < -0.3 is 9.84 Å². The number of aliphatic hydroxyl groups is 1. The van der Waals surface area contributed by atoms with Gasteiger partial charge in [-0.25, -0.2) is 4.39 Å². The van der Waals surface area contributed by atoms with Crippen molar-refractivity contribution >= 4 is 0 Å². The number of aryl methyl sites for hydroxylation is 1. The monoisotopic (exact) mass is 274 g/mol. The third kappa shape index (κ3) is 3.44. The van der Waals surface area contributed by atoms with Gasteiger partial charge >= 0.3 is 0 Å². The molecule has 0 saturated carbocycles. The Bertz CT molecular complexity index is 564. The molecular weight excluding hydrogens is 255 g/mol. The molecule has 0 radical (unpaired) electrons. The molecule has 0 amide bonds. The number of methoxy groups -OCH3 is 1. The van der Waals surface area contributed by atoms with Crippen LogP contribution in [0, 0.1) is 12.7 Å². The molecule has 1 unspecified atom stereocenters. The third-order valence-electron chi connectivity index (χ3n) is 3.42. The highest BCUT2D eigenvalue weighted by Gasteiger charge is 2.13. The van der Waals surface area contributed by atoms with Gasteiger partial charge in [-0.3, -0.25) is 0 Å². The van der Waals surface area contributed by atoms with Crippen LogP contribution in [0.4, 0.5) is 4.39 Å². The van der Waals surface area contributed by atoms with Gasteiger partial charge in [0.1, 0.15) is 11.9 Å². The summed E-state index contributed by atoms with van der Waals surface area (Å²) < 4.78 is 18.1. The van der Waals surface area contributed by atoms with Crippen molar-refractivity contribution in [1.82, 2.24) is 0 Å². The number of aliphatic hydroxyl groups excluding tert-OH is 1. The molecule has 0 saturated heterocycles. The number of rotatable bonds is 5. The lowest BCUT2D eigenvalue weighted by molar-refractivity contribution is 0.202. The van der Waals surface area contributed by atoms with Gasteiger partial charge in [-0.1, -0.05) is 30.3 Å². The Kier molecular flexibility index (Phi) is 4.88. The summed E-state index contributed by atoms with van der Waals surface area (Å²) in [5.74, 6) is -0.284. The number of hydrogen-bond donors (Lipinski definition) is 1. The Hall–Kier alpha value is -1.71. The summed E-state index contributed by atoms with van der Waals surface area (Å²) in [6.45, 7) is 2.48. The molecule has 1 N–H and O–H groups in total. The van der Waals surface area contributed by atoms with Crippen LogP contribution in [0.25, 0.3) is 0 Å². The van der Waals surface area contributed by atoms with E-state index in [4.69, 9.17) is 4.74 Å². The quantitative estimate of drug-likeness (QED) is 0.905. The number of halogens is 1. The van der Waals surface area contributed by atoms with E-state index in [-0.39, 0.29) is 5.82 Å². The zero-order chi connectivity index (χ0) is 14.5. The maximum absolute atomic E-state index is 13.1. The molecule has 0 aromatic heterocycles. The summed E-state index contributed by atoms with van der Waals surface area (Å²) in [4.78, 5) is 0. The van der Waals surface area contributed by atoms with Crippen LogP contribution >= 0.6 is 0 Å². The van der Waals surface area contributed by atoms with Crippen LogP contribution in [0.15, 0.2) is 42.5 Å². The summed E-state index contributed by atoms with van der Waals surface area (Å²) in [6, 6.07) is 12.2. The molecule has 0 heterocycles. The SMILES string of the molecule is COCCc1ccc(C(O)c2ccc(F)cc2C)cc1. The van der Waals surface area contributed by atoms with Gasteiger partial charge in [0, 0.05) is 7.11 Å². The van der Waals surface area contributed by atoms with E-state index >= 15 is 0 Å². The van der Waals surface area contributed by atoms with Gasteiger partial charge in [0.15, 0.2) is 0 Å². The average molecular weight is 274 g/mol. The first-order chi connectivity index (χ1) is 9.61. The van der Waals surface area contributed by atoms with Crippen LogP contribution in [0.5, 0.6) is 0 Å². The third-order valence-corrected chi connectivity index (χ3v) is 3.42. The van der Waals surface area contributed by atoms with E-state index in [1.54, 1.807) is 20.1 Å². The van der Waals surface area contributed by atoms with Gasteiger partial charge in [0.05, 0.1) is 6.61 Å². The van der Waals surface area contributed by atoms with Crippen molar-refractivity contribution in [3.63, 3.8) is 0 Å². The smallest absolute Gasteiger partial charge is 0.123 e.